The van der Waals surface area contributed by atoms with Crippen LogP contribution in [-0.2, 0) is 6.42 Å². The summed E-state index contributed by atoms with van der Waals surface area (Å²) in [5, 5.41) is 16.0. The van der Waals surface area contributed by atoms with Crippen molar-refractivity contribution in [1.82, 2.24) is 43.6 Å². The molecule has 0 spiro atoms. The average molecular weight is 1490 g/mol. The first-order valence-corrected chi connectivity index (χ1v) is 37.9. The van der Waals surface area contributed by atoms with E-state index in [0.29, 0.717) is 23.1 Å². The molecule has 520 valence electrons. The van der Waals surface area contributed by atoms with Crippen LogP contribution in [0.3, 0.4) is 0 Å². The molecule has 24 rings (SSSR count). The molecule has 0 saturated heterocycles. The van der Waals surface area contributed by atoms with Gasteiger partial charge in [-0.05, 0) is 187 Å². The van der Waals surface area contributed by atoms with Crippen molar-refractivity contribution in [1.29, 1.82) is 0 Å². The summed E-state index contributed by atoms with van der Waals surface area (Å²) < 4.78 is 20.3. The molecule has 0 fully saturated rings. The molecule has 0 atom stereocenters. The molecule has 0 saturated carbocycles. The maximum Gasteiger partial charge on any atom is 0.231 e. The number of benzene rings is 14. The Bertz CT molecular complexity index is 7690. The summed E-state index contributed by atoms with van der Waals surface area (Å²) in [6.45, 7) is 0. The lowest BCUT2D eigenvalue weighted by Crippen LogP contribution is -1.99. The largest absolute Gasteiger partial charge is 0.438 e. The van der Waals surface area contributed by atoms with E-state index in [1.807, 2.05) is 60.8 Å². The Morgan fingerprint density at radius 3 is 1.23 bits per heavy atom. The Balaban J connectivity index is 0.000000117. The topological polar surface area (TPSA) is 118 Å². The number of hydrogen-bond acceptors (Lipinski definition) is 8. The van der Waals surface area contributed by atoms with Gasteiger partial charge in [-0.2, -0.15) is 9.97 Å². The Kier molecular flexibility index (Phi) is 14.9. The minimum Gasteiger partial charge on any atom is -0.438 e. The predicted molar refractivity (Wildman–Crippen MR) is 456 cm³/mol. The summed E-state index contributed by atoms with van der Waals surface area (Å²) >= 11 is 3.42. The number of furan rings is 2. The third-order valence-corrected chi connectivity index (χ3v) is 22.3. The zero-order valence-electron chi connectivity index (χ0n) is 59.4. The SMILES string of the molecule is Brc1ccc(-c2nc(-c3ccc4c(c3)c3ccccc3n4-c3ccccc3)c3c(n2)oc2ccccc23)cn1.c1ccc(-n2c3ccccc3c3cc(-c4nc(-c5ccc(-n6c7ccccc7c7cc8ccccc8cc76)nc5)nc5oc6ccccc6c45)ccc32)cc1.c1ccc2c(c1)Cc1cc3ccccc3cc1-2. The molecule has 0 unspecified atom stereocenters. The summed E-state index contributed by atoms with van der Waals surface area (Å²) in [5.41, 5.74) is 22.8. The van der Waals surface area contributed by atoms with Crippen LogP contribution >= 0.6 is 15.9 Å². The quantitative estimate of drug-likeness (QED) is 0.145. The highest BCUT2D eigenvalue weighted by Gasteiger charge is 2.25. The fraction of sp³-hybridized carbons (Fsp3) is 0.0101. The smallest absolute Gasteiger partial charge is 0.231 e. The van der Waals surface area contributed by atoms with Gasteiger partial charge < -0.3 is 18.0 Å². The van der Waals surface area contributed by atoms with Crippen molar-refractivity contribution in [2.45, 2.75) is 6.42 Å². The molecule has 9 heterocycles. The van der Waals surface area contributed by atoms with E-state index in [9.17, 15) is 0 Å². The van der Waals surface area contributed by atoms with Gasteiger partial charge in [0.15, 0.2) is 11.6 Å². The van der Waals surface area contributed by atoms with Gasteiger partial charge in [0.25, 0.3) is 0 Å². The molecule has 23 aromatic rings. The van der Waals surface area contributed by atoms with Crippen LogP contribution in [0.4, 0.5) is 0 Å². The van der Waals surface area contributed by atoms with Crippen LogP contribution in [0.1, 0.15) is 11.1 Å². The molecule has 11 nitrogen and oxygen atoms in total. The summed E-state index contributed by atoms with van der Waals surface area (Å²) in [4.78, 5) is 29.7. The molecule has 111 heavy (non-hydrogen) atoms. The standard InChI is InChI=1S/C49H29N5O.C33H19BrN4O.C17H12/c1-2-14-34(15-3-1)53-40-19-9-6-16-35(40)38-27-32(22-24-42(38)53)47-46-37-18-8-11-21-44(37)55-49(46)52-48(51-47)33-23-25-45(50-29-33)54-41-20-10-7-17-36(41)39-26-30-12-4-5-13-31(30)28-43(39)54;34-29-17-15-21(19-35-29)32-36-31(30-24-11-5-7-13-28(24)39-33(30)37-32)20-14-16-27-25(18-20)23-10-4-6-12-26(23)38(27)22-8-2-1-3-9-22;1-2-6-13-11-17-15(9-12(13)5-1)10-14-7-3-4-8-16(14)17/h1-29H;1-19H;1-9,11H,10H2. The first-order valence-electron chi connectivity index (χ1n) is 37.1. The number of pyridine rings is 2. The highest BCUT2D eigenvalue weighted by Crippen LogP contribution is 2.45. The summed E-state index contributed by atoms with van der Waals surface area (Å²) in [7, 11) is 0. The molecule has 1 aliphatic rings. The fourth-order valence-corrected chi connectivity index (χ4v) is 17.0. The molecular formula is C99H60BrN9O2. The monoisotopic (exact) mass is 1490 g/mol. The zero-order chi connectivity index (χ0) is 73.2. The summed E-state index contributed by atoms with van der Waals surface area (Å²) in [6.07, 6.45) is 4.73. The molecule has 12 heteroatoms. The Labute approximate surface area is 643 Å². The van der Waals surface area contributed by atoms with Crippen molar-refractivity contribution in [2.24, 2.45) is 0 Å². The zero-order valence-corrected chi connectivity index (χ0v) is 61.0. The lowest BCUT2D eigenvalue weighted by molar-refractivity contribution is 0.653. The van der Waals surface area contributed by atoms with Crippen LogP contribution in [-0.4, -0.2) is 43.6 Å². The van der Waals surface area contributed by atoms with E-state index in [2.05, 4.69) is 320 Å². The van der Waals surface area contributed by atoms with Gasteiger partial charge in [0, 0.05) is 89.1 Å². The van der Waals surface area contributed by atoms with Gasteiger partial charge >= 0.3 is 0 Å². The van der Waals surface area contributed by atoms with E-state index in [-0.39, 0.29) is 0 Å². The lowest BCUT2D eigenvalue weighted by Gasteiger charge is -2.10. The van der Waals surface area contributed by atoms with E-state index in [4.69, 9.17) is 33.8 Å². The van der Waals surface area contributed by atoms with E-state index in [1.54, 1.807) is 6.20 Å². The predicted octanol–water partition coefficient (Wildman–Crippen LogP) is 25.8. The highest BCUT2D eigenvalue weighted by atomic mass is 79.9. The molecule has 1 aliphatic carbocycles. The second-order valence-electron chi connectivity index (χ2n) is 28.2. The van der Waals surface area contributed by atoms with E-state index in [1.165, 1.54) is 76.2 Å². The summed E-state index contributed by atoms with van der Waals surface area (Å²) in [6, 6.07) is 119. The molecule has 0 radical (unpaired) electrons. The second-order valence-corrected chi connectivity index (χ2v) is 29.0. The van der Waals surface area contributed by atoms with Crippen LogP contribution in [0.15, 0.2) is 366 Å². The molecule has 0 N–H and O–H groups in total. The average Bonchev–Trinajstić information content (AvgIpc) is 1.60. The van der Waals surface area contributed by atoms with Crippen LogP contribution in [0, 0.1) is 0 Å². The van der Waals surface area contributed by atoms with E-state index in [0.717, 1.165) is 128 Å². The van der Waals surface area contributed by atoms with Crippen LogP contribution in [0.2, 0.25) is 0 Å². The van der Waals surface area contributed by atoms with Crippen LogP contribution in [0.5, 0.6) is 0 Å². The third kappa shape index (κ3) is 10.7. The van der Waals surface area contributed by atoms with E-state index >= 15 is 0 Å². The summed E-state index contributed by atoms with van der Waals surface area (Å²) in [5.74, 6) is 1.96. The van der Waals surface area contributed by atoms with Gasteiger partial charge in [-0.25, -0.2) is 19.9 Å². The maximum absolute atomic E-state index is 6.43. The Morgan fingerprint density at radius 1 is 0.279 bits per heavy atom. The number of hydrogen-bond donors (Lipinski definition) is 0. The highest BCUT2D eigenvalue weighted by molar-refractivity contribution is 9.10. The van der Waals surface area contributed by atoms with Gasteiger partial charge in [0.2, 0.25) is 11.4 Å². The van der Waals surface area contributed by atoms with Crippen LogP contribution < -0.4 is 0 Å². The second kappa shape index (κ2) is 25.9. The number of nitrogens with zero attached hydrogens (tertiary/aromatic N) is 9. The first kappa shape index (κ1) is 63.8. The van der Waals surface area contributed by atoms with Crippen molar-refractivity contribution in [3.63, 3.8) is 0 Å². The molecule has 0 bridgehead atoms. The third-order valence-electron chi connectivity index (χ3n) is 21.8. The number of halogens is 1. The van der Waals surface area contributed by atoms with Gasteiger partial charge in [0.1, 0.15) is 21.6 Å². The van der Waals surface area contributed by atoms with Gasteiger partial charge in [-0.15, -0.1) is 0 Å². The number of rotatable bonds is 7. The number of para-hydroxylation sites is 7. The number of aromatic nitrogens is 9. The Morgan fingerprint density at radius 2 is 0.703 bits per heavy atom. The van der Waals surface area contributed by atoms with E-state index < -0.39 is 0 Å². The lowest BCUT2D eigenvalue weighted by atomic mass is 10.0. The molecule has 9 aromatic heterocycles. The minimum absolute atomic E-state index is 0.548. The molecule has 14 aromatic carbocycles. The van der Waals surface area contributed by atoms with Gasteiger partial charge in [0.05, 0.1) is 55.3 Å². The minimum atomic E-state index is 0.548. The van der Waals surface area contributed by atoms with Crippen molar-refractivity contribution < 1.29 is 8.83 Å². The molecule has 0 amide bonds. The van der Waals surface area contributed by atoms with Crippen molar-refractivity contribution >= 4 is 147 Å². The van der Waals surface area contributed by atoms with Gasteiger partial charge in [-0.1, -0.05) is 218 Å². The normalized spacial score (nSPS) is 12.0. The first-order chi connectivity index (χ1) is 54.9. The Hall–Kier alpha value is -14.5. The molecule has 0 aliphatic heterocycles. The molecular weight excluding hydrogens is 1430 g/mol. The van der Waals surface area contributed by atoms with Crippen molar-refractivity contribution in [2.75, 3.05) is 0 Å². The fourth-order valence-electron chi connectivity index (χ4n) is 16.8. The van der Waals surface area contributed by atoms with Gasteiger partial charge in [-0.3, -0.25) is 4.57 Å². The maximum atomic E-state index is 6.43. The van der Waals surface area contributed by atoms with Crippen molar-refractivity contribution in [3.05, 3.63) is 368 Å². The number of fused-ring (bicyclic) bond motifs is 20. The van der Waals surface area contributed by atoms with Crippen LogP contribution in [0.25, 0.3) is 205 Å². The van der Waals surface area contributed by atoms with Crippen molar-refractivity contribution in [3.8, 4) is 73.6 Å².